The van der Waals surface area contributed by atoms with Crippen LogP contribution in [0.2, 0.25) is 0 Å². The van der Waals surface area contributed by atoms with Crippen molar-refractivity contribution in [2.75, 3.05) is 0 Å². The molecule has 0 heterocycles. The Balaban J connectivity index is 2.32. The van der Waals surface area contributed by atoms with E-state index in [-0.39, 0.29) is 40.6 Å². The van der Waals surface area contributed by atoms with Crippen molar-refractivity contribution in [2.45, 2.75) is 6.42 Å². The van der Waals surface area contributed by atoms with E-state index in [4.69, 9.17) is 0 Å². The smallest absolute Gasteiger partial charge is 0.171 e. The zero-order valence-corrected chi connectivity index (χ0v) is 11.7. The molecule has 22 heavy (non-hydrogen) atoms. The molecule has 0 spiro atoms. The predicted octanol–water partition coefficient (Wildman–Crippen LogP) is 3.56. The van der Waals surface area contributed by atoms with E-state index < -0.39 is 0 Å². The number of Topliss-reactive ketones (excluding diaryl/α,β-unsaturated/α-hetero) is 1. The lowest BCUT2D eigenvalue weighted by Gasteiger charge is -2.17. The topological polar surface area (TPSA) is 77.8 Å². The highest BCUT2D eigenvalue weighted by molar-refractivity contribution is 6.25. The Morgan fingerprint density at radius 3 is 2.23 bits per heavy atom. The van der Waals surface area contributed by atoms with Crippen LogP contribution in [0.4, 0.5) is 0 Å². The summed E-state index contributed by atoms with van der Waals surface area (Å²) in [5.41, 5.74) is 1.27. The van der Waals surface area contributed by atoms with Gasteiger partial charge >= 0.3 is 0 Å². The Morgan fingerprint density at radius 2 is 1.50 bits per heavy atom. The molecule has 2 aromatic rings. The lowest BCUT2D eigenvalue weighted by Crippen LogP contribution is -2.08. The lowest BCUT2D eigenvalue weighted by atomic mass is 9.88. The second-order valence-electron chi connectivity index (χ2n) is 5.01. The van der Waals surface area contributed by atoms with Crippen molar-refractivity contribution in [1.82, 2.24) is 0 Å². The van der Waals surface area contributed by atoms with Gasteiger partial charge in [-0.15, -0.1) is 0 Å². The summed E-state index contributed by atoms with van der Waals surface area (Å²) in [5.74, 6) is -0.549. The molecule has 1 aliphatic carbocycles. The first-order chi connectivity index (χ1) is 10.6. The number of carbonyl (C=O) groups is 1. The first kappa shape index (κ1) is 13.9. The summed E-state index contributed by atoms with van der Waals surface area (Å²) >= 11 is 0. The van der Waals surface area contributed by atoms with Crippen LogP contribution in [0.1, 0.15) is 12.0 Å². The fraction of sp³-hybridized carbons (Fsp3) is 0.0556. The number of aromatic hydroxyl groups is 2. The molecule has 110 valence electrons. The van der Waals surface area contributed by atoms with Gasteiger partial charge in [0.25, 0.3) is 0 Å². The number of para-hydroxylation sites is 1. The van der Waals surface area contributed by atoms with Gasteiger partial charge in [-0.1, -0.05) is 36.4 Å². The van der Waals surface area contributed by atoms with E-state index in [1.165, 1.54) is 18.2 Å². The summed E-state index contributed by atoms with van der Waals surface area (Å²) in [6, 6.07) is 11.4. The fourth-order valence-corrected chi connectivity index (χ4v) is 2.60. The van der Waals surface area contributed by atoms with Gasteiger partial charge in [0.15, 0.2) is 5.78 Å². The van der Waals surface area contributed by atoms with Gasteiger partial charge in [0.05, 0.1) is 5.57 Å². The van der Waals surface area contributed by atoms with Crippen molar-refractivity contribution in [3.63, 3.8) is 0 Å². The van der Waals surface area contributed by atoms with E-state index in [2.05, 4.69) is 0 Å². The van der Waals surface area contributed by atoms with Crippen LogP contribution in [-0.4, -0.2) is 21.1 Å². The van der Waals surface area contributed by atoms with Crippen molar-refractivity contribution in [3.8, 4) is 22.6 Å². The predicted molar refractivity (Wildman–Crippen MR) is 83.5 cm³/mol. The maximum Gasteiger partial charge on any atom is 0.171 e. The zero-order chi connectivity index (χ0) is 15.7. The van der Waals surface area contributed by atoms with E-state index in [9.17, 15) is 20.1 Å². The highest BCUT2D eigenvalue weighted by atomic mass is 16.3. The lowest BCUT2D eigenvalue weighted by molar-refractivity contribution is -0.113. The molecule has 3 rings (SSSR count). The highest BCUT2D eigenvalue weighted by Crippen LogP contribution is 2.41. The molecule has 0 unspecified atom stereocenters. The second-order valence-corrected chi connectivity index (χ2v) is 5.01. The van der Waals surface area contributed by atoms with Crippen LogP contribution in [0.15, 0.2) is 60.4 Å². The second kappa shape index (κ2) is 5.41. The van der Waals surface area contributed by atoms with Crippen LogP contribution >= 0.6 is 0 Å². The molecule has 4 nitrogen and oxygen atoms in total. The normalized spacial score (nSPS) is 14.5. The molecule has 1 aliphatic rings. The van der Waals surface area contributed by atoms with Gasteiger partial charge in [-0.2, -0.15) is 0 Å². The Hall–Kier alpha value is -3.01. The van der Waals surface area contributed by atoms with Crippen molar-refractivity contribution in [3.05, 3.63) is 65.9 Å². The first-order valence-electron chi connectivity index (χ1n) is 6.83. The Morgan fingerprint density at radius 1 is 0.818 bits per heavy atom. The third kappa shape index (κ3) is 2.24. The number of aliphatic hydroxyl groups is 1. The molecule has 0 saturated heterocycles. The van der Waals surface area contributed by atoms with Crippen LogP contribution in [-0.2, 0) is 4.79 Å². The number of allylic oxidation sites excluding steroid dienone is 3. The van der Waals surface area contributed by atoms with E-state index in [1.54, 1.807) is 36.4 Å². The molecule has 0 aromatic heterocycles. The minimum atomic E-state index is -0.279. The molecule has 2 aromatic carbocycles. The summed E-state index contributed by atoms with van der Waals surface area (Å²) in [6.45, 7) is 0. The summed E-state index contributed by atoms with van der Waals surface area (Å²) in [4.78, 5) is 12.2. The highest BCUT2D eigenvalue weighted by Gasteiger charge is 2.25. The van der Waals surface area contributed by atoms with Crippen LogP contribution in [0.3, 0.4) is 0 Å². The van der Waals surface area contributed by atoms with Crippen LogP contribution < -0.4 is 0 Å². The summed E-state index contributed by atoms with van der Waals surface area (Å²) in [6.07, 6.45) is 3.17. The summed E-state index contributed by atoms with van der Waals surface area (Å²) < 4.78 is 0. The number of hydrogen-bond donors (Lipinski definition) is 3. The fourth-order valence-electron chi connectivity index (χ4n) is 2.60. The van der Waals surface area contributed by atoms with E-state index in [0.29, 0.717) is 11.1 Å². The van der Waals surface area contributed by atoms with Gasteiger partial charge < -0.3 is 15.3 Å². The Kier molecular flexibility index (Phi) is 3.43. The molecule has 3 N–H and O–H groups in total. The maximum absolute atomic E-state index is 12.2. The molecular weight excluding hydrogens is 280 g/mol. The number of phenols is 2. The average molecular weight is 294 g/mol. The van der Waals surface area contributed by atoms with Gasteiger partial charge in [0.2, 0.25) is 0 Å². The molecule has 0 aliphatic heterocycles. The van der Waals surface area contributed by atoms with Gasteiger partial charge in [0, 0.05) is 17.5 Å². The Labute approximate surface area is 127 Å². The molecule has 0 amide bonds. The largest absolute Gasteiger partial charge is 0.507 e. The summed E-state index contributed by atoms with van der Waals surface area (Å²) in [5, 5.41) is 30.3. The number of benzene rings is 2. The van der Waals surface area contributed by atoms with Gasteiger partial charge in [0.1, 0.15) is 17.3 Å². The average Bonchev–Trinajstić information content (AvgIpc) is 2.49. The van der Waals surface area contributed by atoms with Gasteiger partial charge in [-0.05, 0) is 23.8 Å². The van der Waals surface area contributed by atoms with Crippen molar-refractivity contribution in [2.24, 2.45) is 0 Å². The number of aliphatic hydroxyl groups excluding tert-OH is 1. The Bertz CT molecular complexity index is 816. The quantitative estimate of drug-likeness (QED) is 0.791. The van der Waals surface area contributed by atoms with E-state index >= 15 is 0 Å². The van der Waals surface area contributed by atoms with Crippen molar-refractivity contribution in [1.29, 1.82) is 0 Å². The van der Waals surface area contributed by atoms with Gasteiger partial charge in [-0.3, -0.25) is 4.79 Å². The number of rotatable bonds is 2. The third-order valence-electron chi connectivity index (χ3n) is 3.60. The molecule has 0 radical (unpaired) electrons. The standard InChI is InChI=1S/C18H14O4/c19-13-7-2-1-5-11(13)12-6-3-8-14(20)17(12)18-15(21)9-4-10-16(18)22/h1-9,19-21H,10H2. The molecule has 0 atom stereocenters. The van der Waals surface area contributed by atoms with Crippen LogP contribution in [0, 0.1) is 0 Å². The maximum atomic E-state index is 12.2. The molecular formula is C18H14O4. The minimum Gasteiger partial charge on any atom is -0.507 e. The van der Waals surface area contributed by atoms with Crippen molar-refractivity contribution < 1.29 is 20.1 Å². The monoisotopic (exact) mass is 294 g/mol. The third-order valence-corrected chi connectivity index (χ3v) is 3.60. The first-order valence-corrected chi connectivity index (χ1v) is 6.83. The van der Waals surface area contributed by atoms with Crippen LogP contribution in [0.25, 0.3) is 16.7 Å². The number of hydrogen-bond acceptors (Lipinski definition) is 4. The summed E-state index contributed by atoms with van der Waals surface area (Å²) in [7, 11) is 0. The zero-order valence-electron chi connectivity index (χ0n) is 11.7. The molecule has 0 bridgehead atoms. The SMILES string of the molecule is O=C1CC=CC(O)=C1c1c(O)cccc1-c1ccccc1O. The van der Waals surface area contributed by atoms with Crippen LogP contribution in [0.5, 0.6) is 11.5 Å². The van der Waals surface area contributed by atoms with E-state index in [1.807, 2.05) is 0 Å². The van der Waals surface area contributed by atoms with E-state index in [0.717, 1.165) is 0 Å². The molecule has 0 fully saturated rings. The number of phenolic OH excluding ortho intramolecular Hbond substituents is 2. The molecule has 0 saturated carbocycles. The minimum absolute atomic E-state index is 0.0354. The molecule has 4 heteroatoms. The van der Waals surface area contributed by atoms with Crippen molar-refractivity contribution >= 4 is 11.4 Å². The van der Waals surface area contributed by atoms with Gasteiger partial charge in [-0.25, -0.2) is 0 Å². The number of carbonyl (C=O) groups excluding carboxylic acids is 1. The number of ketones is 1.